The van der Waals surface area contributed by atoms with Gasteiger partial charge in [-0.2, -0.15) is 5.10 Å². The Morgan fingerprint density at radius 3 is 2.84 bits per heavy atom. The van der Waals surface area contributed by atoms with Gasteiger partial charge in [-0.15, -0.1) is 0 Å². The number of phenolic OH excluding ortho intramolecular Hbond substituents is 1. The summed E-state index contributed by atoms with van der Waals surface area (Å²) in [6.07, 6.45) is 3.48. The SMILES string of the molecule is Cc1ccccc1NC(=O)c1cnn2c1NC1=C(C(=O)CCC1)C2c1cccc(O)c1. The minimum absolute atomic E-state index is 0.0640. The highest BCUT2D eigenvalue weighted by atomic mass is 16.3. The third-order valence-corrected chi connectivity index (χ3v) is 5.86. The van der Waals surface area contributed by atoms with E-state index in [0.29, 0.717) is 23.4 Å². The van der Waals surface area contributed by atoms with Gasteiger partial charge in [0.15, 0.2) is 5.78 Å². The van der Waals surface area contributed by atoms with Gasteiger partial charge in [0.05, 0.1) is 6.20 Å². The molecule has 1 unspecified atom stereocenters. The number of aryl methyl sites for hydroxylation is 1. The number of Topliss-reactive ketones (excluding diaryl/α,β-unsaturated/α-hetero) is 1. The highest BCUT2D eigenvalue weighted by Gasteiger charge is 2.37. The zero-order valence-corrected chi connectivity index (χ0v) is 17.1. The zero-order valence-electron chi connectivity index (χ0n) is 17.1. The van der Waals surface area contributed by atoms with Crippen LogP contribution in [0.3, 0.4) is 0 Å². The smallest absolute Gasteiger partial charge is 0.261 e. The first-order valence-electron chi connectivity index (χ1n) is 10.3. The van der Waals surface area contributed by atoms with Crippen LogP contribution >= 0.6 is 0 Å². The molecule has 7 nitrogen and oxygen atoms in total. The minimum atomic E-state index is -0.494. The lowest BCUT2D eigenvalue weighted by atomic mass is 9.85. The van der Waals surface area contributed by atoms with Crippen molar-refractivity contribution in [3.8, 4) is 5.75 Å². The molecule has 5 rings (SSSR count). The largest absolute Gasteiger partial charge is 0.508 e. The highest BCUT2D eigenvalue weighted by molar-refractivity contribution is 6.08. The summed E-state index contributed by atoms with van der Waals surface area (Å²) in [5, 5.41) is 20.8. The van der Waals surface area contributed by atoms with Gasteiger partial charge in [0.1, 0.15) is 23.2 Å². The second kappa shape index (κ2) is 7.43. The Kier molecular flexibility index (Phi) is 4.58. The molecule has 1 aliphatic carbocycles. The van der Waals surface area contributed by atoms with E-state index in [1.165, 1.54) is 6.20 Å². The monoisotopic (exact) mass is 414 g/mol. The molecule has 7 heteroatoms. The van der Waals surface area contributed by atoms with Crippen molar-refractivity contribution in [3.05, 3.63) is 82.7 Å². The molecule has 3 N–H and O–H groups in total. The minimum Gasteiger partial charge on any atom is -0.508 e. The van der Waals surface area contributed by atoms with Crippen LogP contribution in [0.2, 0.25) is 0 Å². The van der Waals surface area contributed by atoms with Gasteiger partial charge in [-0.1, -0.05) is 30.3 Å². The van der Waals surface area contributed by atoms with Crippen LogP contribution in [0.1, 0.15) is 46.8 Å². The molecule has 0 saturated heterocycles. The highest BCUT2D eigenvalue weighted by Crippen LogP contribution is 2.42. The predicted molar refractivity (Wildman–Crippen MR) is 117 cm³/mol. The molecule has 3 aromatic rings. The van der Waals surface area contributed by atoms with Crippen molar-refractivity contribution in [2.75, 3.05) is 10.6 Å². The fraction of sp³-hybridized carbons (Fsp3) is 0.208. The molecule has 2 aliphatic rings. The van der Waals surface area contributed by atoms with Crippen molar-refractivity contribution in [3.63, 3.8) is 0 Å². The van der Waals surface area contributed by atoms with Gasteiger partial charge >= 0.3 is 0 Å². The van der Waals surface area contributed by atoms with E-state index in [1.54, 1.807) is 22.9 Å². The molecule has 0 fully saturated rings. The summed E-state index contributed by atoms with van der Waals surface area (Å²) < 4.78 is 1.67. The average Bonchev–Trinajstić information content (AvgIpc) is 3.18. The Labute approximate surface area is 179 Å². The lowest BCUT2D eigenvalue weighted by molar-refractivity contribution is -0.116. The van der Waals surface area contributed by atoms with Gasteiger partial charge in [0.25, 0.3) is 5.91 Å². The van der Waals surface area contributed by atoms with Gasteiger partial charge in [-0.3, -0.25) is 9.59 Å². The van der Waals surface area contributed by atoms with Gasteiger partial charge in [0, 0.05) is 23.4 Å². The van der Waals surface area contributed by atoms with Gasteiger partial charge in [0.2, 0.25) is 0 Å². The molecular formula is C24H22N4O3. The fourth-order valence-corrected chi connectivity index (χ4v) is 4.33. The molecule has 156 valence electrons. The van der Waals surface area contributed by atoms with Crippen LogP contribution in [0.25, 0.3) is 0 Å². The van der Waals surface area contributed by atoms with Crippen molar-refractivity contribution in [2.45, 2.75) is 32.2 Å². The lowest BCUT2D eigenvalue weighted by Gasteiger charge is -2.33. The van der Waals surface area contributed by atoms with E-state index in [0.717, 1.165) is 35.4 Å². The van der Waals surface area contributed by atoms with Crippen molar-refractivity contribution in [1.29, 1.82) is 0 Å². The van der Waals surface area contributed by atoms with Crippen molar-refractivity contribution < 1.29 is 14.7 Å². The number of phenols is 1. The Hall–Kier alpha value is -3.87. The number of hydrogen-bond donors (Lipinski definition) is 3. The molecule has 1 aliphatic heterocycles. The Morgan fingerprint density at radius 2 is 2.03 bits per heavy atom. The van der Waals surface area contributed by atoms with Gasteiger partial charge < -0.3 is 15.7 Å². The third-order valence-electron chi connectivity index (χ3n) is 5.86. The van der Waals surface area contributed by atoms with E-state index in [4.69, 9.17) is 0 Å². The summed E-state index contributed by atoms with van der Waals surface area (Å²) in [7, 11) is 0. The second-order valence-corrected chi connectivity index (χ2v) is 7.91. The Morgan fingerprint density at radius 1 is 1.19 bits per heavy atom. The van der Waals surface area contributed by atoms with Crippen molar-refractivity contribution in [1.82, 2.24) is 9.78 Å². The molecule has 1 aromatic heterocycles. The molecule has 1 amide bonds. The number of anilines is 2. The standard InChI is InChI=1S/C24H22N4O3/c1-14-6-2-3-9-18(14)27-24(31)17-13-25-28-22(15-7-4-8-16(29)12-15)21-19(26-23(17)28)10-5-11-20(21)30/h2-4,6-9,12-13,22,26,29H,5,10-11H2,1H3,(H,27,31). The quantitative estimate of drug-likeness (QED) is 0.598. The number of nitrogens with zero attached hydrogens (tertiary/aromatic N) is 2. The number of aromatic hydroxyl groups is 1. The molecule has 0 radical (unpaired) electrons. The maximum Gasteiger partial charge on any atom is 0.261 e. The number of fused-ring (bicyclic) bond motifs is 1. The van der Waals surface area contributed by atoms with Crippen LogP contribution in [0.15, 0.2) is 66.0 Å². The maximum absolute atomic E-state index is 13.1. The van der Waals surface area contributed by atoms with E-state index in [2.05, 4.69) is 15.7 Å². The number of aromatic nitrogens is 2. The molecule has 0 bridgehead atoms. The molecule has 0 spiro atoms. The maximum atomic E-state index is 13.1. The summed E-state index contributed by atoms with van der Waals surface area (Å²) in [4.78, 5) is 25.9. The lowest BCUT2D eigenvalue weighted by Crippen LogP contribution is -2.32. The third kappa shape index (κ3) is 3.28. The van der Waals surface area contributed by atoms with Gasteiger partial charge in [-0.25, -0.2) is 4.68 Å². The van der Waals surface area contributed by atoms with Crippen LogP contribution < -0.4 is 10.6 Å². The first-order valence-corrected chi connectivity index (χ1v) is 10.3. The number of amides is 1. The first kappa shape index (κ1) is 19.1. The normalized spacial score (nSPS) is 17.6. The second-order valence-electron chi connectivity index (χ2n) is 7.91. The molecule has 1 atom stereocenters. The van der Waals surface area contributed by atoms with Crippen LogP contribution in [0.5, 0.6) is 5.75 Å². The Balaban J connectivity index is 1.59. The molecule has 2 aromatic carbocycles. The number of hydrogen-bond acceptors (Lipinski definition) is 5. The van der Waals surface area contributed by atoms with Gasteiger partial charge in [-0.05, 0) is 49.1 Å². The number of nitrogens with one attached hydrogen (secondary N) is 2. The van der Waals surface area contributed by atoms with E-state index in [-0.39, 0.29) is 17.4 Å². The van der Waals surface area contributed by atoms with Crippen molar-refractivity contribution in [2.24, 2.45) is 0 Å². The van der Waals surface area contributed by atoms with E-state index >= 15 is 0 Å². The number of carbonyl (C=O) groups is 2. The number of carbonyl (C=O) groups excluding carboxylic acids is 2. The number of rotatable bonds is 3. The number of allylic oxidation sites excluding steroid dienone is 2. The van der Waals surface area contributed by atoms with Crippen LogP contribution in [0.4, 0.5) is 11.5 Å². The Bertz CT molecular complexity index is 1240. The summed E-state index contributed by atoms with van der Waals surface area (Å²) in [6.45, 7) is 1.93. The van der Waals surface area contributed by atoms with Crippen LogP contribution in [-0.2, 0) is 4.79 Å². The predicted octanol–water partition coefficient (Wildman–Crippen LogP) is 4.17. The topological polar surface area (TPSA) is 96.3 Å². The average molecular weight is 414 g/mol. The van der Waals surface area contributed by atoms with Crippen LogP contribution in [0, 0.1) is 6.92 Å². The molecule has 31 heavy (non-hydrogen) atoms. The molecular weight excluding hydrogens is 392 g/mol. The summed E-state index contributed by atoms with van der Waals surface area (Å²) in [5.74, 6) is 0.457. The van der Waals surface area contributed by atoms with E-state index in [9.17, 15) is 14.7 Å². The summed E-state index contributed by atoms with van der Waals surface area (Å²) in [6, 6.07) is 13.9. The fourth-order valence-electron chi connectivity index (χ4n) is 4.33. The summed E-state index contributed by atoms with van der Waals surface area (Å²) >= 11 is 0. The number of benzene rings is 2. The van der Waals surface area contributed by atoms with Crippen LogP contribution in [-0.4, -0.2) is 26.6 Å². The first-order chi connectivity index (χ1) is 15.0. The number of para-hydroxylation sites is 1. The summed E-state index contributed by atoms with van der Waals surface area (Å²) in [5.41, 5.74) is 4.32. The van der Waals surface area contributed by atoms with E-state index < -0.39 is 6.04 Å². The number of ketones is 1. The molecule has 2 heterocycles. The van der Waals surface area contributed by atoms with Crippen molar-refractivity contribution >= 4 is 23.2 Å². The van der Waals surface area contributed by atoms with E-state index in [1.807, 2.05) is 37.3 Å². The zero-order chi connectivity index (χ0) is 21.5. The molecule has 0 saturated carbocycles.